The molecule has 0 aliphatic carbocycles. The molecule has 1 aromatic carbocycles. The Balaban J connectivity index is 2.28. The lowest BCUT2D eigenvalue weighted by Crippen LogP contribution is -2.34. The highest BCUT2D eigenvalue weighted by molar-refractivity contribution is 6.31. The number of rotatable bonds is 4. The Morgan fingerprint density at radius 3 is 2.65 bits per heavy atom. The first-order valence-electron chi connectivity index (χ1n) is 5.78. The molecule has 1 atom stereocenters. The van der Waals surface area contributed by atoms with Gasteiger partial charge in [0.25, 0.3) is 5.91 Å². The molecule has 0 spiro atoms. The van der Waals surface area contributed by atoms with E-state index in [1.165, 1.54) is 6.20 Å². The minimum Gasteiger partial charge on any atom is -0.479 e. The molecule has 0 aliphatic rings. The second-order valence-corrected chi connectivity index (χ2v) is 4.58. The molecular weight excluding hydrogens is 282 g/mol. The summed E-state index contributed by atoms with van der Waals surface area (Å²) in [7, 11) is 0. The van der Waals surface area contributed by atoms with Gasteiger partial charge in [-0.15, -0.1) is 0 Å². The van der Waals surface area contributed by atoms with Gasteiger partial charge < -0.3 is 10.4 Å². The molecule has 1 amide bonds. The Hall–Kier alpha value is -2.34. The highest BCUT2D eigenvalue weighted by atomic mass is 35.5. The van der Waals surface area contributed by atoms with Crippen LogP contribution in [0.1, 0.15) is 27.7 Å². The number of H-pyrrole nitrogens is 1. The number of carbonyl (C=O) groups is 2. The summed E-state index contributed by atoms with van der Waals surface area (Å²) in [5, 5.41) is 18.3. The van der Waals surface area contributed by atoms with Gasteiger partial charge in [0, 0.05) is 16.3 Å². The molecule has 7 heteroatoms. The zero-order valence-corrected chi connectivity index (χ0v) is 11.3. The fourth-order valence-corrected chi connectivity index (χ4v) is 2.02. The minimum atomic E-state index is -1.22. The predicted octanol–water partition coefficient (Wildman–Crippen LogP) is 1.93. The lowest BCUT2D eigenvalue weighted by atomic mass is 10.1. The molecule has 0 unspecified atom stereocenters. The van der Waals surface area contributed by atoms with E-state index >= 15 is 0 Å². The van der Waals surface area contributed by atoms with Gasteiger partial charge >= 0.3 is 5.97 Å². The fourth-order valence-electron chi connectivity index (χ4n) is 1.77. The SMILES string of the molecule is Cc1[nH]ncc1C(=O)N[C@@H](C(=O)O)c1ccccc1Cl. The van der Waals surface area contributed by atoms with Crippen molar-refractivity contribution in [3.63, 3.8) is 0 Å². The van der Waals surface area contributed by atoms with Crippen LogP contribution in [-0.2, 0) is 4.79 Å². The monoisotopic (exact) mass is 293 g/mol. The third kappa shape index (κ3) is 2.80. The zero-order chi connectivity index (χ0) is 14.7. The smallest absolute Gasteiger partial charge is 0.330 e. The highest BCUT2D eigenvalue weighted by Crippen LogP contribution is 2.23. The van der Waals surface area contributed by atoms with Crippen LogP contribution in [0, 0.1) is 6.92 Å². The van der Waals surface area contributed by atoms with Crippen LogP contribution in [0.25, 0.3) is 0 Å². The van der Waals surface area contributed by atoms with Crippen LogP contribution in [0.4, 0.5) is 0 Å². The van der Waals surface area contributed by atoms with Crippen molar-refractivity contribution in [1.82, 2.24) is 15.5 Å². The second-order valence-electron chi connectivity index (χ2n) is 4.17. The Morgan fingerprint density at radius 2 is 2.10 bits per heavy atom. The van der Waals surface area contributed by atoms with E-state index in [1.54, 1.807) is 31.2 Å². The third-order valence-corrected chi connectivity index (χ3v) is 3.16. The molecule has 0 saturated carbocycles. The van der Waals surface area contributed by atoms with Crippen molar-refractivity contribution < 1.29 is 14.7 Å². The van der Waals surface area contributed by atoms with E-state index in [2.05, 4.69) is 15.5 Å². The molecule has 0 aliphatic heterocycles. The van der Waals surface area contributed by atoms with Gasteiger partial charge in [-0.3, -0.25) is 9.89 Å². The summed E-state index contributed by atoms with van der Waals surface area (Å²) in [6, 6.07) is 5.26. The number of nitrogens with one attached hydrogen (secondary N) is 2. The number of amides is 1. The van der Waals surface area contributed by atoms with Crippen LogP contribution >= 0.6 is 11.6 Å². The number of carbonyl (C=O) groups excluding carboxylic acids is 1. The molecule has 2 rings (SSSR count). The number of aryl methyl sites for hydroxylation is 1. The second kappa shape index (κ2) is 5.75. The van der Waals surface area contributed by atoms with Crippen LogP contribution < -0.4 is 5.32 Å². The van der Waals surface area contributed by atoms with Gasteiger partial charge in [-0.1, -0.05) is 29.8 Å². The van der Waals surface area contributed by atoms with E-state index in [0.717, 1.165) is 0 Å². The van der Waals surface area contributed by atoms with Gasteiger partial charge in [-0.05, 0) is 13.0 Å². The maximum Gasteiger partial charge on any atom is 0.330 e. The standard InChI is InChI=1S/C13H12ClN3O3/c1-7-9(6-15-17-7)12(18)16-11(13(19)20)8-4-2-3-5-10(8)14/h2-6,11H,1H3,(H,15,17)(H,16,18)(H,19,20)/t11-/m1/s1. The Kier molecular flexibility index (Phi) is 4.05. The normalized spacial score (nSPS) is 11.9. The Bertz CT molecular complexity index is 654. The van der Waals surface area contributed by atoms with E-state index < -0.39 is 17.9 Å². The largest absolute Gasteiger partial charge is 0.479 e. The molecular formula is C13H12ClN3O3. The van der Waals surface area contributed by atoms with Crippen molar-refractivity contribution in [3.05, 3.63) is 52.3 Å². The minimum absolute atomic E-state index is 0.282. The molecule has 104 valence electrons. The van der Waals surface area contributed by atoms with Gasteiger partial charge in [-0.25, -0.2) is 4.79 Å². The number of aromatic amines is 1. The van der Waals surface area contributed by atoms with Gasteiger partial charge in [0.1, 0.15) is 0 Å². The van der Waals surface area contributed by atoms with Gasteiger partial charge in [0.05, 0.1) is 11.8 Å². The average Bonchev–Trinajstić information content (AvgIpc) is 2.83. The van der Waals surface area contributed by atoms with Crippen molar-refractivity contribution in [2.45, 2.75) is 13.0 Å². The maximum atomic E-state index is 12.0. The fraction of sp³-hybridized carbons (Fsp3) is 0.154. The maximum absolute atomic E-state index is 12.0. The molecule has 0 bridgehead atoms. The third-order valence-electron chi connectivity index (χ3n) is 2.81. The molecule has 6 nitrogen and oxygen atoms in total. The van der Waals surface area contributed by atoms with Crippen molar-refractivity contribution >= 4 is 23.5 Å². The first-order valence-corrected chi connectivity index (χ1v) is 6.16. The van der Waals surface area contributed by atoms with Gasteiger partial charge in [0.2, 0.25) is 0 Å². The number of halogens is 1. The summed E-state index contributed by atoms with van der Waals surface area (Å²) in [5.41, 5.74) is 1.19. The first kappa shape index (κ1) is 14.1. The molecule has 1 aromatic heterocycles. The Labute approximate surface area is 119 Å². The lowest BCUT2D eigenvalue weighted by molar-refractivity contribution is -0.139. The van der Waals surface area contributed by atoms with E-state index in [4.69, 9.17) is 11.6 Å². The molecule has 0 saturated heterocycles. The number of aliphatic carboxylic acids is 1. The summed E-state index contributed by atoms with van der Waals surface area (Å²) >= 11 is 5.97. The summed E-state index contributed by atoms with van der Waals surface area (Å²) in [6.07, 6.45) is 1.34. The molecule has 1 heterocycles. The van der Waals surface area contributed by atoms with Gasteiger partial charge in [-0.2, -0.15) is 5.10 Å². The Morgan fingerprint density at radius 1 is 1.40 bits per heavy atom. The molecule has 20 heavy (non-hydrogen) atoms. The van der Waals surface area contributed by atoms with Crippen molar-refractivity contribution in [3.8, 4) is 0 Å². The summed E-state index contributed by atoms with van der Waals surface area (Å²) in [5.74, 6) is -1.71. The molecule has 0 fully saturated rings. The summed E-state index contributed by atoms with van der Waals surface area (Å²) < 4.78 is 0. The van der Waals surface area contributed by atoms with Crippen molar-refractivity contribution in [2.75, 3.05) is 0 Å². The zero-order valence-electron chi connectivity index (χ0n) is 10.6. The van der Waals surface area contributed by atoms with Crippen LogP contribution in [0.5, 0.6) is 0 Å². The lowest BCUT2D eigenvalue weighted by Gasteiger charge is -2.15. The quantitative estimate of drug-likeness (QED) is 0.802. The summed E-state index contributed by atoms with van der Waals surface area (Å²) in [4.78, 5) is 23.4. The number of nitrogens with zero attached hydrogens (tertiary/aromatic N) is 1. The summed E-state index contributed by atoms with van der Waals surface area (Å²) in [6.45, 7) is 1.67. The number of hydrogen-bond acceptors (Lipinski definition) is 3. The molecule has 3 N–H and O–H groups in total. The van der Waals surface area contributed by atoms with E-state index in [9.17, 15) is 14.7 Å². The molecule has 2 aromatic rings. The highest BCUT2D eigenvalue weighted by Gasteiger charge is 2.25. The topological polar surface area (TPSA) is 95.1 Å². The number of carboxylic acids is 1. The average molecular weight is 294 g/mol. The van der Waals surface area contributed by atoms with Gasteiger partial charge in [0.15, 0.2) is 6.04 Å². The predicted molar refractivity (Wildman–Crippen MR) is 72.6 cm³/mol. The van der Waals surface area contributed by atoms with E-state index in [1.807, 2.05) is 0 Å². The number of hydrogen-bond donors (Lipinski definition) is 3. The molecule has 0 radical (unpaired) electrons. The van der Waals surface area contributed by atoms with Crippen LogP contribution in [0.15, 0.2) is 30.5 Å². The number of benzene rings is 1. The van der Waals surface area contributed by atoms with E-state index in [0.29, 0.717) is 16.8 Å². The van der Waals surface area contributed by atoms with Crippen LogP contribution in [0.3, 0.4) is 0 Å². The number of aromatic nitrogens is 2. The van der Waals surface area contributed by atoms with Crippen molar-refractivity contribution in [2.24, 2.45) is 0 Å². The number of carboxylic acid groups (broad SMARTS) is 1. The van der Waals surface area contributed by atoms with Crippen molar-refractivity contribution in [1.29, 1.82) is 0 Å². The van der Waals surface area contributed by atoms with E-state index in [-0.39, 0.29) is 5.02 Å². The van der Waals surface area contributed by atoms with Crippen LogP contribution in [0.2, 0.25) is 5.02 Å². The first-order chi connectivity index (χ1) is 9.50. The van der Waals surface area contributed by atoms with Crippen LogP contribution in [-0.4, -0.2) is 27.2 Å².